The van der Waals surface area contributed by atoms with Gasteiger partial charge < -0.3 is 9.84 Å². The van der Waals surface area contributed by atoms with Crippen LogP contribution in [0.25, 0.3) is 10.6 Å². The van der Waals surface area contributed by atoms with Crippen LogP contribution in [0.4, 0.5) is 0 Å². The molecular weight excluding hydrogens is 520 g/mol. The van der Waals surface area contributed by atoms with Crippen molar-refractivity contribution in [2.45, 2.75) is 68.7 Å². The monoisotopic (exact) mass is 558 g/mol. The van der Waals surface area contributed by atoms with E-state index < -0.39 is 10.0 Å². The highest BCUT2D eigenvalue weighted by molar-refractivity contribution is 7.91. The fourth-order valence-corrected chi connectivity index (χ4v) is 7.53. The van der Waals surface area contributed by atoms with E-state index in [9.17, 15) is 13.2 Å². The summed E-state index contributed by atoms with van der Waals surface area (Å²) in [5, 5.41) is 7.01. The first-order valence-corrected chi connectivity index (χ1v) is 15.7. The van der Waals surface area contributed by atoms with Crippen LogP contribution in [0.15, 0.2) is 63.5 Å². The van der Waals surface area contributed by atoms with Crippen LogP contribution in [0.1, 0.15) is 51.5 Å². The highest BCUT2D eigenvalue weighted by Crippen LogP contribution is 2.30. The van der Waals surface area contributed by atoms with E-state index in [4.69, 9.17) is 4.52 Å². The van der Waals surface area contributed by atoms with Crippen molar-refractivity contribution in [2.75, 3.05) is 19.6 Å². The lowest BCUT2D eigenvalue weighted by atomic mass is 10.0. The molecule has 0 saturated carbocycles. The molecule has 1 unspecified atom stereocenters. The topological polar surface area (TPSA) is 105 Å². The Labute approximate surface area is 229 Å². The minimum absolute atomic E-state index is 0.0453. The first kappa shape index (κ1) is 28.5. The number of carbonyl (C=O) groups excluding carboxylic acids is 1. The number of amides is 1. The van der Waals surface area contributed by atoms with Crippen LogP contribution in [-0.4, -0.2) is 56.1 Å². The smallest absolute Gasteiger partial charge is 0.250 e. The van der Waals surface area contributed by atoms with Gasteiger partial charge in [-0.2, -0.15) is 0 Å². The van der Waals surface area contributed by atoms with Crippen molar-refractivity contribution < 1.29 is 17.7 Å². The molecule has 1 amide bonds. The number of sulfonamides is 1. The van der Waals surface area contributed by atoms with E-state index in [0.717, 1.165) is 43.5 Å². The van der Waals surface area contributed by atoms with Gasteiger partial charge in [0.2, 0.25) is 15.9 Å². The summed E-state index contributed by atoms with van der Waals surface area (Å²) in [5.41, 5.74) is 1.93. The number of thiophene rings is 1. The second-order valence-corrected chi connectivity index (χ2v) is 13.4. The van der Waals surface area contributed by atoms with E-state index in [2.05, 4.69) is 58.2 Å². The number of benzene rings is 1. The van der Waals surface area contributed by atoms with E-state index in [0.29, 0.717) is 31.1 Å². The summed E-state index contributed by atoms with van der Waals surface area (Å²) >= 11 is 1.17. The fourth-order valence-electron chi connectivity index (χ4n) is 5.00. The van der Waals surface area contributed by atoms with Crippen molar-refractivity contribution in [3.8, 4) is 10.6 Å². The zero-order valence-electron chi connectivity index (χ0n) is 22.1. The minimum atomic E-state index is -3.72. The zero-order chi connectivity index (χ0) is 27.0. The SMILES string of the molecule is CC(C)CC(CN1CCC[C@H]1C(=O)NCCCCc1ccccc1)NS(=O)(=O)c1ccc(-c2ccon2)s1. The Morgan fingerprint density at radius 2 is 1.97 bits per heavy atom. The number of hydrogen-bond donors (Lipinski definition) is 2. The number of rotatable bonds is 14. The first-order chi connectivity index (χ1) is 18.3. The van der Waals surface area contributed by atoms with Crippen molar-refractivity contribution in [2.24, 2.45) is 5.92 Å². The summed E-state index contributed by atoms with van der Waals surface area (Å²) in [6.45, 7) is 6.12. The summed E-state index contributed by atoms with van der Waals surface area (Å²) in [6, 6.07) is 14.9. The number of nitrogens with one attached hydrogen (secondary N) is 2. The maximum absolute atomic E-state index is 13.3. The van der Waals surface area contributed by atoms with Crippen molar-refractivity contribution in [1.82, 2.24) is 20.1 Å². The number of likely N-dealkylation sites (tertiary alicyclic amines) is 1. The van der Waals surface area contributed by atoms with Crippen LogP contribution in [0.3, 0.4) is 0 Å². The van der Waals surface area contributed by atoms with Crippen molar-refractivity contribution in [3.63, 3.8) is 0 Å². The Morgan fingerprint density at radius 1 is 1.16 bits per heavy atom. The standard InChI is InChI=1S/C28H38N4O4S2/c1-21(2)19-23(31-38(34,35)27-14-13-26(37-27)24-15-18-36-30-24)20-32-17-8-12-25(32)28(33)29-16-7-6-11-22-9-4-3-5-10-22/h3-5,9-10,13-15,18,21,23,25,31H,6-8,11-12,16-17,19-20H2,1-2H3,(H,29,33)/t23?,25-/m0/s1. The summed E-state index contributed by atoms with van der Waals surface area (Å²) in [6.07, 6.45) is 6.84. The Balaban J connectivity index is 1.31. The highest BCUT2D eigenvalue weighted by Gasteiger charge is 2.33. The Kier molecular flexibility index (Phi) is 10.1. The summed E-state index contributed by atoms with van der Waals surface area (Å²) in [7, 11) is -3.72. The fraction of sp³-hybridized carbons (Fsp3) is 0.500. The maximum atomic E-state index is 13.3. The number of carbonyl (C=O) groups is 1. The Hall–Kier alpha value is -2.53. The number of unbranched alkanes of at least 4 members (excludes halogenated alkanes) is 1. The molecule has 3 aromatic rings. The van der Waals surface area contributed by atoms with Gasteiger partial charge in [0.05, 0.1) is 10.9 Å². The molecule has 3 heterocycles. The molecule has 1 saturated heterocycles. The van der Waals surface area contributed by atoms with Gasteiger partial charge in [0.25, 0.3) is 0 Å². The van der Waals surface area contributed by atoms with E-state index in [1.165, 1.54) is 23.2 Å². The third-order valence-corrected chi connectivity index (χ3v) is 9.89. The molecular formula is C28H38N4O4S2. The second-order valence-electron chi connectivity index (χ2n) is 10.3. The molecule has 2 N–H and O–H groups in total. The molecule has 0 spiro atoms. The van der Waals surface area contributed by atoms with Crippen LogP contribution in [-0.2, 0) is 21.2 Å². The van der Waals surface area contributed by atoms with Crippen LogP contribution >= 0.6 is 11.3 Å². The van der Waals surface area contributed by atoms with Gasteiger partial charge in [-0.05, 0) is 68.7 Å². The van der Waals surface area contributed by atoms with Crippen LogP contribution in [0.2, 0.25) is 0 Å². The number of aryl methyl sites for hydroxylation is 1. The lowest BCUT2D eigenvalue weighted by Crippen LogP contribution is -2.50. The molecule has 1 fully saturated rings. The number of aromatic nitrogens is 1. The molecule has 38 heavy (non-hydrogen) atoms. The minimum Gasteiger partial charge on any atom is -0.364 e. The van der Waals surface area contributed by atoms with Gasteiger partial charge in [0.15, 0.2) is 0 Å². The molecule has 2 atom stereocenters. The summed E-state index contributed by atoms with van der Waals surface area (Å²) < 4.78 is 34.6. The predicted molar refractivity (Wildman–Crippen MR) is 150 cm³/mol. The predicted octanol–water partition coefficient (Wildman–Crippen LogP) is 4.70. The molecule has 206 valence electrons. The lowest BCUT2D eigenvalue weighted by molar-refractivity contribution is -0.125. The van der Waals surface area contributed by atoms with E-state index in [1.807, 2.05) is 6.07 Å². The maximum Gasteiger partial charge on any atom is 0.250 e. The van der Waals surface area contributed by atoms with Crippen molar-refractivity contribution >= 4 is 27.3 Å². The van der Waals surface area contributed by atoms with Crippen molar-refractivity contribution in [1.29, 1.82) is 0 Å². The van der Waals surface area contributed by atoms with Crippen LogP contribution < -0.4 is 10.0 Å². The molecule has 8 nitrogen and oxygen atoms in total. The Bertz CT molecular complexity index is 1240. The molecule has 2 aromatic heterocycles. The Morgan fingerprint density at radius 3 is 2.71 bits per heavy atom. The van der Waals surface area contributed by atoms with Crippen molar-refractivity contribution in [3.05, 3.63) is 60.4 Å². The average molecular weight is 559 g/mol. The second kappa shape index (κ2) is 13.5. The molecule has 0 aliphatic carbocycles. The molecule has 0 radical (unpaired) electrons. The van der Waals surface area contributed by atoms with Gasteiger partial charge in [-0.15, -0.1) is 11.3 Å². The van der Waals surface area contributed by atoms with Gasteiger partial charge in [-0.1, -0.05) is 49.3 Å². The zero-order valence-corrected chi connectivity index (χ0v) is 23.8. The lowest BCUT2D eigenvalue weighted by Gasteiger charge is -2.29. The van der Waals surface area contributed by atoms with Crippen LogP contribution in [0.5, 0.6) is 0 Å². The van der Waals surface area contributed by atoms with E-state index >= 15 is 0 Å². The summed E-state index contributed by atoms with van der Waals surface area (Å²) in [5.74, 6) is 0.347. The highest BCUT2D eigenvalue weighted by atomic mass is 32.2. The molecule has 4 rings (SSSR count). The molecule has 1 aliphatic heterocycles. The number of hydrogen-bond acceptors (Lipinski definition) is 7. The van der Waals surface area contributed by atoms with Crippen LogP contribution in [0, 0.1) is 5.92 Å². The van der Waals surface area contributed by atoms with E-state index in [1.54, 1.807) is 18.2 Å². The number of nitrogens with zero attached hydrogens (tertiary/aromatic N) is 2. The third-order valence-electron chi connectivity index (χ3n) is 6.77. The largest absolute Gasteiger partial charge is 0.364 e. The quantitative estimate of drug-likeness (QED) is 0.278. The molecule has 10 heteroatoms. The molecule has 1 aliphatic rings. The van der Waals surface area contributed by atoms with Gasteiger partial charge in [-0.25, -0.2) is 13.1 Å². The van der Waals surface area contributed by atoms with Gasteiger partial charge in [0, 0.05) is 25.2 Å². The van der Waals surface area contributed by atoms with Gasteiger partial charge >= 0.3 is 0 Å². The molecule has 1 aromatic carbocycles. The molecule has 0 bridgehead atoms. The third kappa shape index (κ3) is 7.99. The van der Waals surface area contributed by atoms with Gasteiger partial charge in [-0.3, -0.25) is 9.69 Å². The average Bonchev–Trinajstić information content (AvgIpc) is 3.65. The van der Waals surface area contributed by atoms with E-state index in [-0.39, 0.29) is 22.2 Å². The first-order valence-electron chi connectivity index (χ1n) is 13.4. The normalized spacial score (nSPS) is 17.2. The summed E-state index contributed by atoms with van der Waals surface area (Å²) in [4.78, 5) is 15.9. The van der Waals surface area contributed by atoms with Gasteiger partial charge in [0.1, 0.15) is 16.2 Å².